The second-order valence-electron chi connectivity index (χ2n) is 4.25. The number of aliphatic hydroxyl groups is 1. The second kappa shape index (κ2) is 3.59. The average Bonchev–Trinajstić information content (AvgIpc) is 2.60. The lowest BCUT2D eigenvalue weighted by atomic mass is 9.94. The van der Waals surface area contributed by atoms with E-state index in [0.717, 1.165) is 24.2 Å². The molecule has 1 saturated heterocycles. The van der Waals surface area contributed by atoms with E-state index in [1.54, 1.807) is 4.68 Å². The van der Waals surface area contributed by atoms with Gasteiger partial charge in [0.1, 0.15) is 0 Å². The summed E-state index contributed by atoms with van der Waals surface area (Å²) in [7, 11) is 1.90. The number of aryl methyl sites for hydroxylation is 1. The maximum absolute atomic E-state index is 10.3. The highest BCUT2D eigenvalue weighted by atomic mass is 32.2. The summed E-state index contributed by atoms with van der Waals surface area (Å²) >= 11 is 1.85. The first-order valence-corrected chi connectivity index (χ1v) is 5.94. The number of thioether (sulfide) groups is 1. The van der Waals surface area contributed by atoms with Gasteiger partial charge in [0.05, 0.1) is 11.8 Å². The fourth-order valence-corrected chi connectivity index (χ4v) is 3.26. The normalized spacial score (nSPS) is 32.4. The SMILES string of the molecule is CC1CC(O)(Cc2cnn(C)c2)CS1. The minimum atomic E-state index is -0.507. The minimum absolute atomic E-state index is 0.507. The monoisotopic (exact) mass is 212 g/mol. The minimum Gasteiger partial charge on any atom is -0.389 e. The summed E-state index contributed by atoms with van der Waals surface area (Å²) in [4.78, 5) is 0. The molecule has 0 spiro atoms. The molecule has 2 heterocycles. The third kappa shape index (κ3) is 2.12. The van der Waals surface area contributed by atoms with Crippen LogP contribution < -0.4 is 0 Å². The first-order chi connectivity index (χ1) is 6.57. The molecule has 1 fully saturated rings. The van der Waals surface area contributed by atoms with Crippen molar-refractivity contribution < 1.29 is 5.11 Å². The standard InChI is InChI=1S/C10H16N2OS/c1-8-3-10(13,7-14-8)4-9-5-11-12(2)6-9/h5-6,8,13H,3-4,7H2,1-2H3. The molecule has 1 aliphatic rings. The van der Waals surface area contributed by atoms with Crippen LogP contribution in [0.1, 0.15) is 18.9 Å². The van der Waals surface area contributed by atoms with Crippen molar-refractivity contribution in [1.82, 2.24) is 9.78 Å². The van der Waals surface area contributed by atoms with Crippen LogP contribution in [0.25, 0.3) is 0 Å². The van der Waals surface area contributed by atoms with Gasteiger partial charge in [-0.3, -0.25) is 4.68 Å². The first-order valence-electron chi connectivity index (χ1n) is 4.89. The highest BCUT2D eigenvalue weighted by Crippen LogP contribution is 2.36. The zero-order chi connectivity index (χ0) is 10.2. The molecule has 78 valence electrons. The lowest BCUT2D eigenvalue weighted by Gasteiger charge is -2.20. The highest BCUT2D eigenvalue weighted by molar-refractivity contribution is 8.00. The Morgan fingerprint density at radius 3 is 3.07 bits per heavy atom. The van der Waals surface area contributed by atoms with Crippen LogP contribution in [0, 0.1) is 0 Å². The van der Waals surface area contributed by atoms with Crippen molar-refractivity contribution in [2.75, 3.05) is 5.75 Å². The van der Waals surface area contributed by atoms with Crippen LogP contribution in [0.2, 0.25) is 0 Å². The molecule has 1 aliphatic heterocycles. The summed E-state index contributed by atoms with van der Waals surface area (Å²) in [5, 5.41) is 15.0. The van der Waals surface area contributed by atoms with E-state index in [0.29, 0.717) is 5.25 Å². The van der Waals surface area contributed by atoms with E-state index in [2.05, 4.69) is 12.0 Å². The van der Waals surface area contributed by atoms with Gasteiger partial charge in [0.2, 0.25) is 0 Å². The predicted molar refractivity (Wildman–Crippen MR) is 58.4 cm³/mol. The Kier molecular flexibility index (Phi) is 2.58. The molecule has 0 aliphatic carbocycles. The Labute approximate surface area is 88.5 Å². The lowest BCUT2D eigenvalue weighted by molar-refractivity contribution is 0.0642. The van der Waals surface area contributed by atoms with Crippen molar-refractivity contribution in [3.63, 3.8) is 0 Å². The quantitative estimate of drug-likeness (QED) is 0.801. The van der Waals surface area contributed by atoms with Crippen LogP contribution in [0.4, 0.5) is 0 Å². The summed E-state index contributed by atoms with van der Waals surface area (Å²) in [6.45, 7) is 2.17. The van der Waals surface area contributed by atoms with Crippen molar-refractivity contribution in [1.29, 1.82) is 0 Å². The third-order valence-corrected chi connectivity index (χ3v) is 4.04. The van der Waals surface area contributed by atoms with Crippen LogP contribution in [-0.2, 0) is 13.5 Å². The van der Waals surface area contributed by atoms with E-state index in [9.17, 15) is 5.11 Å². The molecule has 0 radical (unpaired) electrons. The van der Waals surface area contributed by atoms with Gasteiger partial charge in [-0.15, -0.1) is 0 Å². The summed E-state index contributed by atoms with van der Waals surface area (Å²) in [5.74, 6) is 0.850. The second-order valence-corrected chi connectivity index (χ2v) is 5.68. The van der Waals surface area contributed by atoms with Gasteiger partial charge in [0, 0.05) is 30.7 Å². The molecule has 2 rings (SSSR count). The molecule has 0 bridgehead atoms. The van der Waals surface area contributed by atoms with E-state index in [1.165, 1.54) is 0 Å². The van der Waals surface area contributed by atoms with Gasteiger partial charge >= 0.3 is 0 Å². The summed E-state index contributed by atoms with van der Waals surface area (Å²) in [5.41, 5.74) is 0.623. The van der Waals surface area contributed by atoms with Crippen molar-refractivity contribution in [2.45, 2.75) is 30.6 Å². The van der Waals surface area contributed by atoms with E-state index in [-0.39, 0.29) is 0 Å². The van der Waals surface area contributed by atoms with Gasteiger partial charge in [0.25, 0.3) is 0 Å². The van der Waals surface area contributed by atoms with Crippen LogP contribution in [0.3, 0.4) is 0 Å². The summed E-state index contributed by atoms with van der Waals surface area (Å²) in [6, 6.07) is 0. The van der Waals surface area contributed by atoms with Crippen molar-refractivity contribution >= 4 is 11.8 Å². The number of hydrogen-bond donors (Lipinski definition) is 1. The van der Waals surface area contributed by atoms with E-state index in [4.69, 9.17) is 0 Å². The Bertz CT molecular complexity index is 326. The molecule has 1 aromatic rings. The van der Waals surface area contributed by atoms with Gasteiger partial charge < -0.3 is 5.11 Å². The van der Waals surface area contributed by atoms with Crippen molar-refractivity contribution in [3.8, 4) is 0 Å². The van der Waals surface area contributed by atoms with Gasteiger partial charge in [-0.1, -0.05) is 6.92 Å². The number of hydrogen-bond acceptors (Lipinski definition) is 3. The highest BCUT2D eigenvalue weighted by Gasteiger charge is 2.36. The fourth-order valence-electron chi connectivity index (χ4n) is 2.02. The van der Waals surface area contributed by atoms with Crippen LogP contribution in [-0.4, -0.2) is 31.5 Å². The molecule has 14 heavy (non-hydrogen) atoms. The Morgan fingerprint density at radius 2 is 2.57 bits per heavy atom. The van der Waals surface area contributed by atoms with Crippen molar-refractivity contribution in [3.05, 3.63) is 18.0 Å². The van der Waals surface area contributed by atoms with Crippen LogP contribution in [0.5, 0.6) is 0 Å². The summed E-state index contributed by atoms with van der Waals surface area (Å²) in [6.07, 6.45) is 5.45. The fraction of sp³-hybridized carbons (Fsp3) is 0.700. The number of aromatic nitrogens is 2. The van der Waals surface area contributed by atoms with E-state index >= 15 is 0 Å². The molecule has 2 unspecified atom stereocenters. The maximum Gasteiger partial charge on any atom is 0.0789 e. The molecule has 0 amide bonds. The third-order valence-electron chi connectivity index (χ3n) is 2.60. The molecule has 3 nitrogen and oxygen atoms in total. The molecular formula is C10H16N2OS. The molecule has 4 heteroatoms. The molecule has 0 saturated carbocycles. The molecular weight excluding hydrogens is 196 g/mol. The van der Waals surface area contributed by atoms with Crippen LogP contribution >= 0.6 is 11.8 Å². The Morgan fingerprint density at radius 1 is 1.79 bits per heavy atom. The number of nitrogens with zero attached hydrogens (tertiary/aromatic N) is 2. The maximum atomic E-state index is 10.3. The van der Waals surface area contributed by atoms with Gasteiger partial charge in [0.15, 0.2) is 0 Å². The summed E-state index contributed by atoms with van der Waals surface area (Å²) < 4.78 is 1.78. The van der Waals surface area contributed by atoms with Gasteiger partial charge in [-0.05, 0) is 12.0 Å². The first kappa shape index (κ1) is 10.1. The topological polar surface area (TPSA) is 38.1 Å². The zero-order valence-electron chi connectivity index (χ0n) is 8.60. The molecule has 0 aromatic carbocycles. The smallest absolute Gasteiger partial charge is 0.0789 e. The molecule has 2 atom stereocenters. The largest absolute Gasteiger partial charge is 0.389 e. The van der Waals surface area contributed by atoms with Crippen LogP contribution in [0.15, 0.2) is 12.4 Å². The van der Waals surface area contributed by atoms with E-state index in [1.807, 2.05) is 31.2 Å². The van der Waals surface area contributed by atoms with Gasteiger partial charge in [-0.25, -0.2) is 0 Å². The predicted octanol–water partition coefficient (Wildman–Crippen LogP) is 1.22. The Hall–Kier alpha value is -0.480. The molecule has 1 N–H and O–H groups in total. The van der Waals surface area contributed by atoms with E-state index < -0.39 is 5.60 Å². The van der Waals surface area contributed by atoms with Crippen molar-refractivity contribution in [2.24, 2.45) is 7.05 Å². The Balaban J connectivity index is 2.03. The van der Waals surface area contributed by atoms with Gasteiger partial charge in [-0.2, -0.15) is 16.9 Å². The molecule has 1 aromatic heterocycles. The zero-order valence-corrected chi connectivity index (χ0v) is 9.42. The number of rotatable bonds is 2. The lowest BCUT2D eigenvalue weighted by Crippen LogP contribution is -2.31. The average molecular weight is 212 g/mol.